The SMILES string of the molecule is C#CCCC1(CCC(=O)NCc2cccc3ncn(C)c23)N=N1. The summed E-state index contributed by atoms with van der Waals surface area (Å²) < 4.78 is 1.97. The summed E-state index contributed by atoms with van der Waals surface area (Å²) in [7, 11) is 1.95. The predicted molar refractivity (Wildman–Crippen MR) is 87.4 cm³/mol. The van der Waals surface area contributed by atoms with Crippen LogP contribution in [0.15, 0.2) is 34.8 Å². The highest BCUT2D eigenvalue weighted by molar-refractivity contribution is 5.80. The van der Waals surface area contributed by atoms with Crippen molar-refractivity contribution in [3.8, 4) is 12.3 Å². The van der Waals surface area contributed by atoms with Gasteiger partial charge in [-0.1, -0.05) is 12.1 Å². The number of hydrogen-bond donors (Lipinski definition) is 1. The van der Waals surface area contributed by atoms with Crippen molar-refractivity contribution < 1.29 is 4.79 Å². The van der Waals surface area contributed by atoms with Gasteiger partial charge in [0.2, 0.25) is 5.91 Å². The number of aromatic nitrogens is 2. The molecule has 2 heterocycles. The summed E-state index contributed by atoms with van der Waals surface area (Å²) in [6.45, 7) is 0.487. The lowest BCUT2D eigenvalue weighted by molar-refractivity contribution is -0.121. The molecular formula is C17H19N5O. The molecule has 3 rings (SSSR count). The van der Waals surface area contributed by atoms with Crippen LogP contribution in [0.5, 0.6) is 0 Å². The van der Waals surface area contributed by atoms with Gasteiger partial charge in [-0.05, 0) is 11.6 Å². The number of nitrogens with one attached hydrogen (secondary N) is 1. The zero-order valence-electron chi connectivity index (χ0n) is 13.1. The van der Waals surface area contributed by atoms with Gasteiger partial charge in [0.15, 0.2) is 5.66 Å². The summed E-state index contributed by atoms with van der Waals surface area (Å²) in [6, 6.07) is 5.92. The van der Waals surface area contributed by atoms with Crippen LogP contribution in [0, 0.1) is 12.3 Å². The monoisotopic (exact) mass is 309 g/mol. The van der Waals surface area contributed by atoms with Crippen molar-refractivity contribution in [1.82, 2.24) is 14.9 Å². The van der Waals surface area contributed by atoms with E-state index in [2.05, 4.69) is 26.4 Å². The number of terminal acetylenes is 1. The lowest BCUT2D eigenvalue weighted by Crippen LogP contribution is -2.25. The fraction of sp³-hybridized carbons (Fsp3) is 0.412. The molecule has 6 heteroatoms. The van der Waals surface area contributed by atoms with E-state index in [1.807, 2.05) is 29.8 Å². The van der Waals surface area contributed by atoms with E-state index in [4.69, 9.17) is 6.42 Å². The Morgan fingerprint density at radius 3 is 2.96 bits per heavy atom. The topological polar surface area (TPSA) is 71.6 Å². The van der Waals surface area contributed by atoms with Gasteiger partial charge in [0.25, 0.3) is 0 Å². The Hall–Kier alpha value is -2.68. The number of benzene rings is 1. The summed E-state index contributed by atoms with van der Waals surface area (Å²) in [6.07, 6.45) is 9.43. The number of para-hydroxylation sites is 1. The Balaban J connectivity index is 1.53. The third-order valence-corrected chi connectivity index (χ3v) is 4.10. The second-order valence-corrected chi connectivity index (χ2v) is 5.80. The van der Waals surface area contributed by atoms with Gasteiger partial charge in [0.1, 0.15) is 0 Å². The molecule has 0 bridgehead atoms. The van der Waals surface area contributed by atoms with Crippen LogP contribution in [0.4, 0.5) is 0 Å². The van der Waals surface area contributed by atoms with E-state index < -0.39 is 5.66 Å². The number of hydrogen-bond acceptors (Lipinski definition) is 4. The van der Waals surface area contributed by atoms with Crippen molar-refractivity contribution in [2.75, 3.05) is 0 Å². The first-order valence-corrected chi connectivity index (χ1v) is 7.67. The quantitative estimate of drug-likeness (QED) is 0.798. The average Bonchev–Trinajstić information content (AvgIpc) is 3.24. The van der Waals surface area contributed by atoms with Crippen molar-refractivity contribution in [2.24, 2.45) is 17.3 Å². The number of fused-ring (bicyclic) bond motifs is 1. The van der Waals surface area contributed by atoms with Gasteiger partial charge in [-0.2, -0.15) is 10.2 Å². The smallest absolute Gasteiger partial charge is 0.220 e. The normalized spacial score (nSPS) is 14.6. The summed E-state index contributed by atoms with van der Waals surface area (Å²) in [5.74, 6) is 2.59. The van der Waals surface area contributed by atoms with E-state index in [9.17, 15) is 4.79 Å². The minimum Gasteiger partial charge on any atom is -0.352 e. The number of amides is 1. The van der Waals surface area contributed by atoms with E-state index >= 15 is 0 Å². The van der Waals surface area contributed by atoms with E-state index in [0.717, 1.165) is 23.0 Å². The minimum absolute atomic E-state index is 0.00144. The van der Waals surface area contributed by atoms with Crippen molar-refractivity contribution in [1.29, 1.82) is 0 Å². The van der Waals surface area contributed by atoms with Crippen LogP contribution in [0.25, 0.3) is 11.0 Å². The van der Waals surface area contributed by atoms with Gasteiger partial charge >= 0.3 is 0 Å². The Bertz CT molecular complexity index is 793. The number of nitrogens with zero attached hydrogens (tertiary/aromatic N) is 4. The molecule has 0 saturated carbocycles. The number of aryl methyl sites for hydroxylation is 1. The van der Waals surface area contributed by atoms with Crippen molar-refractivity contribution >= 4 is 16.9 Å². The number of rotatable bonds is 7. The van der Waals surface area contributed by atoms with E-state index in [1.54, 1.807) is 6.33 Å². The Kier molecular flexibility index (Phi) is 4.11. The Morgan fingerprint density at radius 2 is 2.22 bits per heavy atom. The number of imidazole rings is 1. The molecule has 0 spiro atoms. The predicted octanol–water partition coefficient (Wildman–Crippen LogP) is 2.55. The molecule has 1 aliphatic rings. The number of carbonyl (C=O) groups is 1. The molecular weight excluding hydrogens is 290 g/mol. The third-order valence-electron chi connectivity index (χ3n) is 4.10. The molecule has 6 nitrogen and oxygen atoms in total. The molecule has 0 radical (unpaired) electrons. The molecule has 0 fully saturated rings. The summed E-state index contributed by atoms with van der Waals surface area (Å²) in [5.41, 5.74) is 2.64. The molecule has 0 atom stereocenters. The van der Waals surface area contributed by atoms with Gasteiger partial charge in [0.05, 0.1) is 17.4 Å². The Morgan fingerprint density at radius 1 is 1.39 bits per heavy atom. The lowest BCUT2D eigenvalue weighted by atomic mass is 10.0. The van der Waals surface area contributed by atoms with Gasteiger partial charge in [-0.15, -0.1) is 12.3 Å². The lowest BCUT2D eigenvalue weighted by Gasteiger charge is -2.10. The molecule has 1 aromatic carbocycles. The summed E-state index contributed by atoms with van der Waals surface area (Å²) in [4.78, 5) is 16.4. The second kappa shape index (κ2) is 6.21. The molecule has 23 heavy (non-hydrogen) atoms. The fourth-order valence-corrected chi connectivity index (χ4v) is 2.70. The second-order valence-electron chi connectivity index (χ2n) is 5.80. The van der Waals surface area contributed by atoms with Gasteiger partial charge in [-0.3, -0.25) is 4.79 Å². The molecule has 2 aromatic rings. The van der Waals surface area contributed by atoms with Crippen LogP contribution < -0.4 is 5.32 Å². The highest BCUT2D eigenvalue weighted by Crippen LogP contribution is 2.37. The molecule has 1 aliphatic heterocycles. The maximum atomic E-state index is 12.1. The standard InChI is InChI=1S/C17H19N5O/c1-3-4-9-17(20-21-17)10-8-15(23)18-11-13-6-5-7-14-16(13)22(2)12-19-14/h1,5-7,12H,4,8-11H2,2H3,(H,18,23). The molecule has 1 N–H and O–H groups in total. The first-order chi connectivity index (χ1) is 11.1. The van der Waals surface area contributed by atoms with E-state index in [1.165, 1.54) is 0 Å². The molecule has 1 amide bonds. The fourth-order valence-electron chi connectivity index (χ4n) is 2.70. The zero-order valence-corrected chi connectivity index (χ0v) is 13.1. The minimum atomic E-state index is -0.397. The molecule has 0 aliphatic carbocycles. The molecule has 0 saturated heterocycles. The van der Waals surface area contributed by atoms with Crippen LogP contribution in [-0.4, -0.2) is 21.1 Å². The third kappa shape index (κ3) is 3.39. The van der Waals surface area contributed by atoms with Crippen molar-refractivity contribution in [2.45, 2.75) is 37.9 Å². The van der Waals surface area contributed by atoms with Crippen molar-refractivity contribution in [3.63, 3.8) is 0 Å². The highest BCUT2D eigenvalue weighted by atomic mass is 16.1. The average molecular weight is 309 g/mol. The van der Waals surface area contributed by atoms with Crippen LogP contribution in [0.3, 0.4) is 0 Å². The summed E-state index contributed by atoms with van der Waals surface area (Å²) >= 11 is 0. The van der Waals surface area contributed by atoms with Crippen LogP contribution in [0.1, 0.15) is 31.2 Å². The van der Waals surface area contributed by atoms with Crippen LogP contribution >= 0.6 is 0 Å². The zero-order chi connectivity index (χ0) is 16.3. The first kappa shape index (κ1) is 15.2. The van der Waals surface area contributed by atoms with E-state index in [0.29, 0.717) is 25.8 Å². The van der Waals surface area contributed by atoms with Crippen LogP contribution in [-0.2, 0) is 18.4 Å². The maximum Gasteiger partial charge on any atom is 0.220 e. The Labute approximate surface area is 135 Å². The van der Waals surface area contributed by atoms with Crippen LogP contribution in [0.2, 0.25) is 0 Å². The molecule has 0 unspecified atom stereocenters. The molecule has 118 valence electrons. The van der Waals surface area contributed by atoms with Gasteiger partial charge in [-0.25, -0.2) is 4.98 Å². The van der Waals surface area contributed by atoms with E-state index in [-0.39, 0.29) is 5.91 Å². The summed E-state index contributed by atoms with van der Waals surface area (Å²) in [5, 5.41) is 11.1. The van der Waals surface area contributed by atoms with Gasteiger partial charge in [0, 0.05) is 39.3 Å². The highest BCUT2D eigenvalue weighted by Gasteiger charge is 2.39. The first-order valence-electron chi connectivity index (χ1n) is 7.67. The maximum absolute atomic E-state index is 12.1. The number of carbonyl (C=O) groups excluding carboxylic acids is 1. The van der Waals surface area contributed by atoms with Gasteiger partial charge < -0.3 is 9.88 Å². The molecule has 1 aromatic heterocycles. The van der Waals surface area contributed by atoms with Crippen molar-refractivity contribution in [3.05, 3.63) is 30.1 Å². The largest absolute Gasteiger partial charge is 0.352 e.